The van der Waals surface area contributed by atoms with E-state index in [0.717, 1.165) is 5.92 Å². The lowest BCUT2D eigenvalue weighted by Gasteiger charge is -2.28. The van der Waals surface area contributed by atoms with Crippen molar-refractivity contribution in [3.8, 4) is 0 Å². The van der Waals surface area contributed by atoms with E-state index in [2.05, 4.69) is 6.92 Å². The fourth-order valence-electron chi connectivity index (χ4n) is 2.41. The molecule has 2 heteroatoms. The van der Waals surface area contributed by atoms with Gasteiger partial charge in [-0.3, -0.25) is 0 Å². The molecular formula is C12H24O2. The maximum atomic E-state index is 5.49. The second-order valence-corrected chi connectivity index (χ2v) is 4.39. The average Bonchev–Trinajstić information content (AvgIpc) is 2.18. The van der Waals surface area contributed by atoms with Crippen LogP contribution in [0.4, 0.5) is 0 Å². The molecule has 1 saturated carbocycles. The van der Waals surface area contributed by atoms with Gasteiger partial charge in [0.25, 0.3) is 0 Å². The Bertz CT molecular complexity index is 133. The summed E-state index contributed by atoms with van der Waals surface area (Å²) in [4.78, 5) is 0. The van der Waals surface area contributed by atoms with Crippen LogP contribution in [-0.4, -0.2) is 26.4 Å². The summed E-state index contributed by atoms with van der Waals surface area (Å²) in [6.45, 7) is 2.27. The molecular weight excluding hydrogens is 176 g/mol. The Morgan fingerprint density at radius 1 is 1.00 bits per heavy atom. The summed E-state index contributed by atoms with van der Waals surface area (Å²) in [7, 11) is 3.68. The molecule has 2 unspecified atom stereocenters. The topological polar surface area (TPSA) is 18.5 Å². The van der Waals surface area contributed by atoms with Gasteiger partial charge in [-0.25, -0.2) is 0 Å². The van der Waals surface area contributed by atoms with E-state index in [4.69, 9.17) is 9.47 Å². The van der Waals surface area contributed by atoms with Gasteiger partial charge in [0.15, 0.2) is 0 Å². The minimum Gasteiger partial charge on any atom is -0.381 e. The van der Waals surface area contributed by atoms with Gasteiger partial charge in [-0.2, -0.15) is 0 Å². The Hall–Kier alpha value is -0.0800. The van der Waals surface area contributed by atoms with Gasteiger partial charge in [0.2, 0.25) is 0 Å². The smallest absolute Gasteiger partial charge is 0.0574 e. The van der Waals surface area contributed by atoms with Crippen LogP contribution >= 0.6 is 0 Å². The second kappa shape index (κ2) is 6.41. The molecule has 0 aliphatic heterocycles. The zero-order chi connectivity index (χ0) is 10.4. The van der Waals surface area contributed by atoms with Gasteiger partial charge >= 0.3 is 0 Å². The molecule has 0 N–H and O–H groups in total. The highest BCUT2D eigenvalue weighted by Crippen LogP contribution is 2.27. The summed E-state index contributed by atoms with van der Waals surface area (Å²) in [6.07, 6.45) is 8.29. The standard InChI is InChI=1S/C12H24O2/c1-4-10-8-11(13-2)6-5-7-12(9-10)14-3/h10-12H,4-9H2,1-3H3. The Morgan fingerprint density at radius 2 is 1.50 bits per heavy atom. The first-order valence-corrected chi connectivity index (χ1v) is 5.85. The zero-order valence-corrected chi connectivity index (χ0v) is 9.79. The molecule has 2 nitrogen and oxygen atoms in total. The van der Waals surface area contributed by atoms with Crippen molar-refractivity contribution in [2.45, 2.75) is 57.7 Å². The fourth-order valence-corrected chi connectivity index (χ4v) is 2.41. The van der Waals surface area contributed by atoms with Crippen LogP contribution in [0.5, 0.6) is 0 Å². The first-order chi connectivity index (χ1) is 6.80. The van der Waals surface area contributed by atoms with Crippen molar-refractivity contribution in [3.05, 3.63) is 0 Å². The average molecular weight is 200 g/mol. The normalized spacial score (nSPS) is 34.9. The Kier molecular flexibility index (Phi) is 5.49. The van der Waals surface area contributed by atoms with Crippen molar-refractivity contribution < 1.29 is 9.47 Å². The van der Waals surface area contributed by atoms with Gasteiger partial charge in [0.05, 0.1) is 12.2 Å². The summed E-state index contributed by atoms with van der Waals surface area (Å²) in [6, 6.07) is 0. The van der Waals surface area contributed by atoms with E-state index in [1.165, 1.54) is 38.5 Å². The number of ether oxygens (including phenoxy) is 2. The molecule has 84 valence electrons. The highest BCUT2D eigenvalue weighted by Gasteiger charge is 2.22. The van der Waals surface area contributed by atoms with E-state index in [1.807, 2.05) is 14.2 Å². The summed E-state index contributed by atoms with van der Waals surface area (Å²) in [5.41, 5.74) is 0. The summed E-state index contributed by atoms with van der Waals surface area (Å²) >= 11 is 0. The molecule has 2 atom stereocenters. The van der Waals surface area contributed by atoms with Crippen molar-refractivity contribution in [3.63, 3.8) is 0 Å². The second-order valence-electron chi connectivity index (χ2n) is 4.39. The van der Waals surface area contributed by atoms with Gasteiger partial charge in [0, 0.05) is 14.2 Å². The van der Waals surface area contributed by atoms with Crippen molar-refractivity contribution in [1.82, 2.24) is 0 Å². The van der Waals surface area contributed by atoms with Gasteiger partial charge in [-0.05, 0) is 38.0 Å². The van der Waals surface area contributed by atoms with Crippen molar-refractivity contribution in [2.24, 2.45) is 5.92 Å². The first kappa shape index (κ1) is 12.0. The molecule has 0 bridgehead atoms. The lowest BCUT2D eigenvalue weighted by atomic mass is 9.86. The molecule has 0 spiro atoms. The highest BCUT2D eigenvalue weighted by molar-refractivity contribution is 4.74. The van der Waals surface area contributed by atoms with Crippen LogP contribution in [0.15, 0.2) is 0 Å². The van der Waals surface area contributed by atoms with E-state index in [9.17, 15) is 0 Å². The molecule has 1 fully saturated rings. The van der Waals surface area contributed by atoms with E-state index < -0.39 is 0 Å². The largest absolute Gasteiger partial charge is 0.381 e. The molecule has 0 amide bonds. The van der Waals surface area contributed by atoms with E-state index in [0.29, 0.717) is 12.2 Å². The van der Waals surface area contributed by atoms with Crippen molar-refractivity contribution in [1.29, 1.82) is 0 Å². The summed E-state index contributed by atoms with van der Waals surface area (Å²) in [5.74, 6) is 0.783. The van der Waals surface area contributed by atoms with E-state index in [-0.39, 0.29) is 0 Å². The highest BCUT2D eigenvalue weighted by atomic mass is 16.5. The molecule has 0 saturated heterocycles. The van der Waals surface area contributed by atoms with Crippen LogP contribution in [0, 0.1) is 5.92 Å². The van der Waals surface area contributed by atoms with Crippen molar-refractivity contribution in [2.75, 3.05) is 14.2 Å². The van der Waals surface area contributed by atoms with E-state index >= 15 is 0 Å². The molecule has 1 rings (SSSR count). The number of rotatable bonds is 3. The lowest BCUT2D eigenvalue weighted by Crippen LogP contribution is -2.25. The minimum atomic E-state index is 0.484. The quantitative estimate of drug-likeness (QED) is 0.697. The van der Waals surface area contributed by atoms with Crippen LogP contribution < -0.4 is 0 Å². The first-order valence-electron chi connectivity index (χ1n) is 5.85. The third kappa shape index (κ3) is 3.58. The molecule has 0 aromatic carbocycles. The Morgan fingerprint density at radius 3 is 1.86 bits per heavy atom. The van der Waals surface area contributed by atoms with Gasteiger partial charge in [0.1, 0.15) is 0 Å². The lowest BCUT2D eigenvalue weighted by molar-refractivity contribution is 0.0198. The van der Waals surface area contributed by atoms with Crippen LogP contribution in [-0.2, 0) is 9.47 Å². The molecule has 14 heavy (non-hydrogen) atoms. The van der Waals surface area contributed by atoms with Crippen LogP contribution in [0.2, 0.25) is 0 Å². The third-order valence-electron chi connectivity index (χ3n) is 3.49. The minimum absolute atomic E-state index is 0.484. The van der Waals surface area contributed by atoms with E-state index in [1.54, 1.807) is 0 Å². The number of methoxy groups -OCH3 is 2. The monoisotopic (exact) mass is 200 g/mol. The predicted octanol–water partition coefficient (Wildman–Crippen LogP) is 3.01. The molecule has 0 radical (unpaired) electrons. The maximum Gasteiger partial charge on any atom is 0.0574 e. The number of hydrogen-bond acceptors (Lipinski definition) is 2. The molecule has 0 aromatic rings. The summed E-state index contributed by atoms with van der Waals surface area (Å²) in [5, 5.41) is 0. The SMILES string of the molecule is CCC1CC(OC)CCCC(OC)C1. The van der Waals surface area contributed by atoms with Gasteiger partial charge in [-0.15, -0.1) is 0 Å². The van der Waals surface area contributed by atoms with Crippen LogP contribution in [0.25, 0.3) is 0 Å². The molecule has 0 aromatic heterocycles. The fraction of sp³-hybridized carbons (Fsp3) is 1.00. The van der Waals surface area contributed by atoms with Crippen LogP contribution in [0.3, 0.4) is 0 Å². The van der Waals surface area contributed by atoms with Gasteiger partial charge in [-0.1, -0.05) is 13.3 Å². The molecule has 0 heterocycles. The third-order valence-corrected chi connectivity index (χ3v) is 3.49. The van der Waals surface area contributed by atoms with Gasteiger partial charge < -0.3 is 9.47 Å². The Labute approximate surface area is 88.0 Å². The van der Waals surface area contributed by atoms with Crippen LogP contribution in [0.1, 0.15) is 45.4 Å². The predicted molar refractivity (Wildman–Crippen MR) is 58.5 cm³/mol. The zero-order valence-electron chi connectivity index (χ0n) is 9.79. The maximum absolute atomic E-state index is 5.49. The molecule has 1 aliphatic rings. The molecule has 1 aliphatic carbocycles. The summed E-state index contributed by atoms with van der Waals surface area (Å²) < 4.78 is 11.0. The van der Waals surface area contributed by atoms with Crippen molar-refractivity contribution >= 4 is 0 Å². The Balaban J connectivity index is 2.45. The number of hydrogen-bond donors (Lipinski definition) is 0.